The summed E-state index contributed by atoms with van der Waals surface area (Å²) in [7, 11) is 0. The van der Waals surface area contributed by atoms with Gasteiger partial charge in [-0.1, -0.05) is 0 Å². The number of amides is 1. The fraction of sp³-hybridized carbons (Fsp3) is 0.600. The Hall–Kier alpha value is -1.24. The molecule has 1 aliphatic heterocycles. The first-order valence-electron chi connectivity index (χ1n) is 2.71. The van der Waals surface area contributed by atoms with Crippen molar-refractivity contribution in [2.75, 3.05) is 6.54 Å². The summed E-state index contributed by atoms with van der Waals surface area (Å²) in [6.45, 7) is 0.548. The molecule has 4 nitrogen and oxygen atoms in total. The first kappa shape index (κ1) is 5.89. The van der Waals surface area contributed by atoms with Gasteiger partial charge in [0.1, 0.15) is 0 Å². The first-order chi connectivity index (χ1) is 4.34. The number of nitriles is 1. The van der Waals surface area contributed by atoms with Crippen LogP contribution in [0, 0.1) is 11.5 Å². The smallest absolute Gasteiger partial charge is 0.296 e. The van der Waals surface area contributed by atoms with Crippen molar-refractivity contribution in [2.24, 2.45) is 0 Å². The van der Waals surface area contributed by atoms with E-state index in [0.29, 0.717) is 13.0 Å². The van der Waals surface area contributed by atoms with Gasteiger partial charge in [0, 0.05) is 6.42 Å². The van der Waals surface area contributed by atoms with Gasteiger partial charge in [0.2, 0.25) is 0 Å². The molecule has 9 heavy (non-hydrogen) atoms. The topological polar surface area (TPSA) is 53.3 Å². The van der Waals surface area contributed by atoms with Gasteiger partial charge in [-0.3, -0.25) is 9.63 Å². The second kappa shape index (κ2) is 2.35. The van der Waals surface area contributed by atoms with Crippen LogP contribution < -0.4 is 0 Å². The van der Waals surface area contributed by atoms with Crippen molar-refractivity contribution in [1.29, 1.82) is 5.26 Å². The molecule has 0 aromatic rings. The molecule has 0 spiro atoms. The van der Waals surface area contributed by atoms with Crippen molar-refractivity contribution in [1.82, 2.24) is 5.06 Å². The summed E-state index contributed by atoms with van der Waals surface area (Å²) < 4.78 is 0. The molecule has 1 amide bonds. The molecule has 1 heterocycles. The van der Waals surface area contributed by atoms with E-state index in [1.54, 1.807) is 0 Å². The molecule has 1 rings (SSSR count). The van der Waals surface area contributed by atoms with Crippen LogP contribution in [0.5, 0.6) is 0 Å². The minimum absolute atomic E-state index is 0.100. The van der Waals surface area contributed by atoms with Crippen LogP contribution in [0.25, 0.3) is 0 Å². The Kier molecular flexibility index (Phi) is 1.54. The maximum Gasteiger partial charge on any atom is 0.314 e. The van der Waals surface area contributed by atoms with E-state index in [-0.39, 0.29) is 5.91 Å². The van der Waals surface area contributed by atoms with Crippen molar-refractivity contribution in [2.45, 2.75) is 12.8 Å². The lowest BCUT2D eigenvalue weighted by Crippen LogP contribution is -2.22. The van der Waals surface area contributed by atoms with Crippen LogP contribution in [0.3, 0.4) is 0 Å². The van der Waals surface area contributed by atoms with Crippen LogP contribution in [0.2, 0.25) is 0 Å². The Bertz CT molecular complexity index is 161. The number of nitrogens with zero attached hydrogens (tertiary/aromatic N) is 2. The van der Waals surface area contributed by atoms with E-state index in [1.807, 2.05) is 0 Å². The Labute approximate surface area is 52.6 Å². The Morgan fingerprint density at radius 1 is 1.78 bits per heavy atom. The molecule has 0 saturated carbocycles. The van der Waals surface area contributed by atoms with Gasteiger partial charge in [0.25, 0.3) is 5.91 Å². The monoisotopic (exact) mass is 126 g/mol. The molecule has 0 atom stereocenters. The van der Waals surface area contributed by atoms with Crippen molar-refractivity contribution >= 4 is 5.91 Å². The van der Waals surface area contributed by atoms with E-state index in [1.165, 1.54) is 6.26 Å². The van der Waals surface area contributed by atoms with Crippen LogP contribution in [0.4, 0.5) is 0 Å². The zero-order valence-corrected chi connectivity index (χ0v) is 4.83. The normalized spacial score (nSPS) is 17.7. The van der Waals surface area contributed by atoms with E-state index in [2.05, 4.69) is 4.84 Å². The van der Waals surface area contributed by atoms with Gasteiger partial charge in [-0.2, -0.15) is 5.06 Å². The third-order valence-electron chi connectivity index (χ3n) is 1.18. The molecule has 0 aromatic carbocycles. The predicted octanol–water partition coefficient (Wildman–Crippen LogP) is 0.0215. The second-order valence-corrected chi connectivity index (χ2v) is 1.78. The second-order valence-electron chi connectivity index (χ2n) is 1.78. The predicted molar refractivity (Wildman–Crippen MR) is 27.6 cm³/mol. The lowest BCUT2D eigenvalue weighted by atomic mass is 10.4. The first-order valence-corrected chi connectivity index (χ1v) is 2.71. The minimum Gasteiger partial charge on any atom is -0.296 e. The molecule has 0 unspecified atom stereocenters. The third kappa shape index (κ3) is 1.11. The number of carbonyl (C=O) groups excluding carboxylic acids is 1. The van der Waals surface area contributed by atoms with Gasteiger partial charge in [0.05, 0.1) is 6.54 Å². The molecule has 0 aromatic heterocycles. The van der Waals surface area contributed by atoms with Gasteiger partial charge < -0.3 is 0 Å². The summed E-state index contributed by atoms with van der Waals surface area (Å²) in [5, 5.41) is 9.06. The Morgan fingerprint density at radius 3 is 3.00 bits per heavy atom. The van der Waals surface area contributed by atoms with Crippen LogP contribution in [0.15, 0.2) is 0 Å². The number of hydroxylamine groups is 2. The number of hydrogen-bond acceptors (Lipinski definition) is 3. The summed E-state index contributed by atoms with van der Waals surface area (Å²) >= 11 is 0. The minimum atomic E-state index is -0.100. The van der Waals surface area contributed by atoms with Crippen molar-refractivity contribution in [3.8, 4) is 6.26 Å². The summed E-state index contributed by atoms with van der Waals surface area (Å²) in [5.41, 5.74) is 0. The zero-order chi connectivity index (χ0) is 6.69. The third-order valence-corrected chi connectivity index (χ3v) is 1.18. The molecule has 0 N–H and O–H groups in total. The molecule has 48 valence electrons. The molecule has 0 bridgehead atoms. The fourth-order valence-electron chi connectivity index (χ4n) is 0.769. The zero-order valence-electron chi connectivity index (χ0n) is 4.83. The Balaban J connectivity index is 2.42. The van der Waals surface area contributed by atoms with E-state index in [0.717, 1.165) is 11.5 Å². The summed E-state index contributed by atoms with van der Waals surface area (Å²) in [5.74, 6) is -0.100. The van der Waals surface area contributed by atoms with Crippen molar-refractivity contribution < 1.29 is 9.63 Å². The number of rotatable bonds is 1. The van der Waals surface area contributed by atoms with Gasteiger partial charge in [-0.15, -0.1) is 5.26 Å². The molecule has 0 radical (unpaired) electrons. The SMILES string of the molecule is N#CON1CCCC1=O. The van der Waals surface area contributed by atoms with E-state index >= 15 is 0 Å². The van der Waals surface area contributed by atoms with Gasteiger partial charge in [-0.25, -0.2) is 0 Å². The van der Waals surface area contributed by atoms with E-state index in [9.17, 15) is 4.79 Å². The van der Waals surface area contributed by atoms with Gasteiger partial charge in [0.15, 0.2) is 0 Å². The average Bonchev–Trinajstić information content (AvgIpc) is 2.18. The van der Waals surface area contributed by atoms with Crippen LogP contribution in [-0.2, 0) is 9.63 Å². The van der Waals surface area contributed by atoms with Crippen molar-refractivity contribution in [3.05, 3.63) is 0 Å². The number of hydrogen-bond donors (Lipinski definition) is 0. The van der Waals surface area contributed by atoms with Gasteiger partial charge in [-0.05, 0) is 6.42 Å². The van der Waals surface area contributed by atoms with E-state index in [4.69, 9.17) is 5.26 Å². The van der Waals surface area contributed by atoms with Crippen LogP contribution in [0.1, 0.15) is 12.8 Å². The van der Waals surface area contributed by atoms with Crippen LogP contribution in [-0.4, -0.2) is 17.5 Å². The Morgan fingerprint density at radius 2 is 2.56 bits per heavy atom. The maximum absolute atomic E-state index is 10.6. The van der Waals surface area contributed by atoms with Crippen molar-refractivity contribution in [3.63, 3.8) is 0 Å². The molecule has 1 saturated heterocycles. The highest BCUT2D eigenvalue weighted by Gasteiger charge is 2.21. The standard InChI is InChI=1S/C5H6N2O2/c6-4-9-7-3-1-2-5(7)8/h1-3H2. The summed E-state index contributed by atoms with van der Waals surface area (Å²) in [6.07, 6.45) is 2.74. The van der Waals surface area contributed by atoms with Crippen LogP contribution >= 0.6 is 0 Å². The highest BCUT2D eigenvalue weighted by Crippen LogP contribution is 2.08. The maximum atomic E-state index is 10.6. The highest BCUT2D eigenvalue weighted by molar-refractivity contribution is 5.76. The molecule has 0 aliphatic carbocycles. The quantitative estimate of drug-likeness (QED) is 0.465. The molecule has 1 aliphatic rings. The average molecular weight is 126 g/mol. The number of carbonyl (C=O) groups is 1. The summed E-state index contributed by atoms with van der Waals surface area (Å²) in [4.78, 5) is 14.9. The largest absolute Gasteiger partial charge is 0.314 e. The highest BCUT2D eigenvalue weighted by atomic mass is 16.7. The molecule has 4 heteroatoms. The molecular formula is C5H6N2O2. The molecular weight excluding hydrogens is 120 g/mol. The van der Waals surface area contributed by atoms with E-state index < -0.39 is 0 Å². The summed E-state index contributed by atoms with van der Waals surface area (Å²) in [6, 6.07) is 0. The fourth-order valence-corrected chi connectivity index (χ4v) is 0.769. The molecule has 1 fully saturated rings. The lowest BCUT2D eigenvalue weighted by molar-refractivity contribution is -0.156. The lowest BCUT2D eigenvalue weighted by Gasteiger charge is -2.06. The van der Waals surface area contributed by atoms with Gasteiger partial charge >= 0.3 is 6.26 Å².